The van der Waals surface area contributed by atoms with Crippen LogP contribution in [-0.4, -0.2) is 0 Å². The predicted octanol–water partition coefficient (Wildman–Crippen LogP) is 5.95. The molecule has 0 fully saturated rings. The molecule has 0 saturated carbocycles. The van der Waals surface area contributed by atoms with E-state index in [2.05, 4.69) is 46.3 Å². The molecular weight excluding hydrogens is 390 g/mol. The van der Waals surface area contributed by atoms with Gasteiger partial charge in [0, 0.05) is 20.4 Å². The van der Waals surface area contributed by atoms with E-state index in [1.165, 1.54) is 25.7 Å². The van der Waals surface area contributed by atoms with Crippen molar-refractivity contribution in [2.75, 3.05) is 0 Å². The van der Waals surface area contributed by atoms with Gasteiger partial charge in [-0.3, -0.25) is 0 Å². The first-order valence-electron chi connectivity index (χ1n) is 7.29. The molecule has 0 nitrogen and oxygen atoms in total. The Balaban J connectivity index is 0. The number of allylic oxidation sites excluding steroid dienone is 4. The Kier molecular flexibility index (Phi) is 13.9. The minimum atomic E-state index is 0. The Labute approximate surface area is 129 Å². The second-order valence-electron chi connectivity index (χ2n) is 5.00. The molecular formula is C17H31Re-. The van der Waals surface area contributed by atoms with Gasteiger partial charge in [0.2, 0.25) is 0 Å². The first-order valence-corrected chi connectivity index (χ1v) is 7.29. The van der Waals surface area contributed by atoms with Gasteiger partial charge in [0.25, 0.3) is 0 Å². The number of unbranched alkanes of at least 4 members (excludes halogenated alkanes) is 1. The van der Waals surface area contributed by atoms with Crippen LogP contribution in [0.2, 0.25) is 0 Å². The van der Waals surface area contributed by atoms with Crippen LogP contribution < -0.4 is 0 Å². The van der Waals surface area contributed by atoms with Gasteiger partial charge in [0.15, 0.2) is 0 Å². The van der Waals surface area contributed by atoms with Gasteiger partial charge in [-0.2, -0.15) is 13.3 Å². The summed E-state index contributed by atoms with van der Waals surface area (Å²) in [6.45, 7) is 13.1. The molecule has 1 rings (SSSR count). The molecule has 0 aliphatic heterocycles. The van der Waals surface area contributed by atoms with Crippen LogP contribution in [0.15, 0.2) is 23.3 Å². The van der Waals surface area contributed by atoms with E-state index in [0.29, 0.717) is 5.92 Å². The third-order valence-electron chi connectivity index (χ3n) is 3.35. The summed E-state index contributed by atoms with van der Waals surface area (Å²) in [6, 6.07) is 0. The summed E-state index contributed by atoms with van der Waals surface area (Å²) in [5.41, 5.74) is 3.24. The van der Waals surface area contributed by atoms with Gasteiger partial charge >= 0.3 is 0 Å². The molecule has 2 atom stereocenters. The first-order chi connectivity index (χ1) is 8.13. The maximum absolute atomic E-state index is 2.48. The summed E-state index contributed by atoms with van der Waals surface area (Å²) in [5.74, 6) is 1.40. The zero-order chi connectivity index (χ0) is 13.3. The quantitative estimate of drug-likeness (QED) is 0.388. The maximum Gasteiger partial charge on any atom is 0 e. The van der Waals surface area contributed by atoms with Crippen LogP contribution in [0.3, 0.4) is 0 Å². The Morgan fingerprint density at radius 3 is 2.44 bits per heavy atom. The van der Waals surface area contributed by atoms with Crippen LogP contribution in [0.5, 0.6) is 0 Å². The van der Waals surface area contributed by atoms with Gasteiger partial charge in [0.1, 0.15) is 0 Å². The molecule has 1 radical (unpaired) electrons. The molecule has 0 N–H and O–H groups in total. The zero-order valence-corrected chi connectivity index (χ0v) is 15.8. The molecule has 18 heavy (non-hydrogen) atoms. The van der Waals surface area contributed by atoms with E-state index in [9.17, 15) is 0 Å². The van der Waals surface area contributed by atoms with E-state index in [1.807, 2.05) is 13.8 Å². The van der Waals surface area contributed by atoms with E-state index in [4.69, 9.17) is 0 Å². The minimum absolute atomic E-state index is 0. The van der Waals surface area contributed by atoms with E-state index in [0.717, 1.165) is 5.92 Å². The maximum atomic E-state index is 2.48. The second kappa shape index (κ2) is 12.2. The molecule has 0 bridgehead atoms. The molecule has 1 aliphatic rings. The molecule has 1 heteroatoms. The summed E-state index contributed by atoms with van der Waals surface area (Å²) in [6.07, 6.45) is 12.3. The van der Waals surface area contributed by atoms with Crippen molar-refractivity contribution in [2.24, 2.45) is 11.8 Å². The smallest absolute Gasteiger partial charge is 0 e. The number of hydrogen-bond donors (Lipinski definition) is 0. The van der Waals surface area contributed by atoms with Crippen LogP contribution in [0, 0.1) is 18.3 Å². The third-order valence-corrected chi connectivity index (χ3v) is 3.35. The Morgan fingerprint density at radius 2 is 1.89 bits per heavy atom. The number of hydrogen-bond acceptors (Lipinski definition) is 0. The molecule has 0 amide bonds. The van der Waals surface area contributed by atoms with Crippen molar-refractivity contribution in [3.63, 3.8) is 0 Å². The van der Waals surface area contributed by atoms with Crippen LogP contribution in [-0.2, 0) is 20.4 Å². The number of rotatable bonds is 4. The van der Waals surface area contributed by atoms with Gasteiger partial charge in [-0.25, -0.2) is 0 Å². The molecule has 1 aliphatic carbocycles. The van der Waals surface area contributed by atoms with E-state index >= 15 is 0 Å². The van der Waals surface area contributed by atoms with Gasteiger partial charge in [-0.1, -0.05) is 57.4 Å². The van der Waals surface area contributed by atoms with Crippen molar-refractivity contribution < 1.29 is 20.4 Å². The Bertz CT molecular complexity index is 250. The van der Waals surface area contributed by atoms with Gasteiger partial charge < -0.3 is 6.42 Å². The fourth-order valence-electron chi connectivity index (χ4n) is 2.36. The summed E-state index contributed by atoms with van der Waals surface area (Å²) in [4.78, 5) is 0. The molecule has 0 spiro atoms. The average molecular weight is 422 g/mol. The van der Waals surface area contributed by atoms with E-state index in [1.54, 1.807) is 11.1 Å². The SMILES string of the molecule is CC.C[CH-]CCC(C)C1=CC(C)C=C(C)CC1.[Re]. The summed E-state index contributed by atoms with van der Waals surface area (Å²) >= 11 is 0. The van der Waals surface area contributed by atoms with Crippen molar-refractivity contribution in [3.05, 3.63) is 29.7 Å². The van der Waals surface area contributed by atoms with Crippen LogP contribution in [0.25, 0.3) is 0 Å². The fourth-order valence-corrected chi connectivity index (χ4v) is 2.36. The third kappa shape index (κ3) is 8.28. The standard InChI is InChI=1S/C15H25.C2H6.Re/c1-5-6-7-14(4)15-9-8-12(2)10-13(3)11-15;1-2;/h5,10-11,13-14H,6-9H2,1-4H3;1-2H3;/q-1;;. The van der Waals surface area contributed by atoms with Crippen LogP contribution in [0.4, 0.5) is 0 Å². The monoisotopic (exact) mass is 422 g/mol. The van der Waals surface area contributed by atoms with Crippen LogP contribution in [0.1, 0.15) is 67.2 Å². The molecule has 0 aromatic carbocycles. The Morgan fingerprint density at radius 1 is 1.28 bits per heavy atom. The van der Waals surface area contributed by atoms with Crippen molar-refractivity contribution in [2.45, 2.75) is 67.2 Å². The van der Waals surface area contributed by atoms with Crippen molar-refractivity contribution in [1.29, 1.82) is 0 Å². The van der Waals surface area contributed by atoms with Crippen molar-refractivity contribution in [1.82, 2.24) is 0 Å². The fraction of sp³-hybridized carbons (Fsp3) is 0.706. The minimum Gasteiger partial charge on any atom is -0.331 e. The zero-order valence-electron chi connectivity index (χ0n) is 13.1. The molecule has 0 saturated heterocycles. The molecule has 0 aromatic heterocycles. The second-order valence-corrected chi connectivity index (χ2v) is 5.00. The molecule has 0 heterocycles. The molecule has 2 unspecified atom stereocenters. The van der Waals surface area contributed by atoms with Gasteiger partial charge in [-0.05, 0) is 31.6 Å². The molecule has 0 aromatic rings. The molecule has 107 valence electrons. The summed E-state index contributed by atoms with van der Waals surface area (Å²) in [5, 5.41) is 0. The van der Waals surface area contributed by atoms with Gasteiger partial charge in [0.05, 0.1) is 0 Å². The summed E-state index contributed by atoms with van der Waals surface area (Å²) < 4.78 is 0. The largest absolute Gasteiger partial charge is 0.331 e. The first kappa shape index (κ1) is 20.5. The van der Waals surface area contributed by atoms with E-state index in [-0.39, 0.29) is 20.4 Å². The van der Waals surface area contributed by atoms with Crippen molar-refractivity contribution >= 4 is 0 Å². The van der Waals surface area contributed by atoms with Crippen molar-refractivity contribution in [3.8, 4) is 0 Å². The normalized spacial score (nSPS) is 20.4. The van der Waals surface area contributed by atoms with E-state index < -0.39 is 0 Å². The topological polar surface area (TPSA) is 0 Å². The Hall–Kier alpha value is 0.142. The van der Waals surface area contributed by atoms with Crippen LogP contribution >= 0.6 is 0 Å². The summed E-state index contributed by atoms with van der Waals surface area (Å²) in [7, 11) is 0. The van der Waals surface area contributed by atoms with Gasteiger partial charge in [-0.15, -0.1) is 0 Å². The average Bonchev–Trinajstić information content (AvgIpc) is 2.49. The predicted molar refractivity (Wildman–Crippen MR) is 80.0 cm³/mol.